The van der Waals surface area contributed by atoms with Crippen LogP contribution in [-0.4, -0.2) is 17.3 Å². The number of amides is 1. The van der Waals surface area contributed by atoms with E-state index in [1.807, 2.05) is 6.07 Å². The lowest BCUT2D eigenvalue weighted by Crippen LogP contribution is -2.43. The second-order valence-corrected chi connectivity index (χ2v) is 8.04. The lowest BCUT2D eigenvalue weighted by Gasteiger charge is -2.31. The minimum Gasteiger partial charge on any atom is -0.348 e. The molecule has 1 aromatic heterocycles. The average molecular weight is 372 g/mol. The monoisotopic (exact) mass is 371 g/mol. The van der Waals surface area contributed by atoms with Crippen LogP contribution in [0.15, 0.2) is 24.3 Å². The first kappa shape index (κ1) is 16.4. The molecule has 0 aliphatic carbocycles. The molecule has 1 amide bonds. The van der Waals surface area contributed by atoms with E-state index in [1.54, 1.807) is 6.07 Å². The van der Waals surface area contributed by atoms with Gasteiger partial charge < -0.3 is 5.32 Å². The Kier molecular flexibility index (Phi) is 5.04. The lowest BCUT2D eigenvalue weighted by atomic mass is 9.85. The summed E-state index contributed by atoms with van der Waals surface area (Å²) in [7, 11) is 0. The van der Waals surface area contributed by atoms with E-state index >= 15 is 0 Å². The summed E-state index contributed by atoms with van der Waals surface area (Å²) >= 11 is 4.76. The first-order valence-corrected chi connectivity index (χ1v) is 8.81. The maximum Gasteiger partial charge on any atom is 0.261 e. The molecule has 0 saturated heterocycles. The Bertz CT molecular complexity index is 647. The highest BCUT2D eigenvalue weighted by Crippen LogP contribution is 2.28. The third-order valence-electron chi connectivity index (χ3n) is 3.45. The number of hydrogen-bond donors (Lipinski definition) is 1. The van der Waals surface area contributed by atoms with Gasteiger partial charge in [0.15, 0.2) is 0 Å². The summed E-state index contributed by atoms with van der Waals surface area (Å²) in [6.07, 6.45) is 0.870. The third kappa shape index (κ3) is 4.04. The van der Waals surface area contributed by atoms with Crippen LogP contribution in [0.2, 0.25) is 0 Å². The van der Waals surface area contributed by atoms with Crippen LogP contribution in [0.5, 0.6) is 0 Å². The Morgan fingerprint density at radius 2 is 2.10 bits per heavy atom. The van der Waals surface area contributed by atoms with Crippen molar-refractivity contribution in [2.75, 3.05) is 5.33 Å². The summed E-state index contributed by atoms with van der Waals surface area (Å²) in [6, 6.07) is 6.50. The van der Waals surface area contributed by atoms with Crippen molar-refractivity contribution < 1.29 is 9.18 Å². The minimum absolute atomic E-state index is 0.00772. The van der Waals surface area contributed by atoms with E-state index in [9.17, 15) is 9.18 Å². The molecule has 2 rings (SSSR count). The molecule has 1 unspecified atom stereocenters. The molecular weight excluding hydrogens is 353 g/mol. The molecule has 0 spiro atoms. The zero-order valence-corrected chi connectivity index (χ0v) is 14.8. The molecule has 0 aliphatic rings. The molecular formula is C16H19BrFNOS. The maximum absolute atomic E-state index is 13.2. The second-order valence-electron chi connectivity index (χ2n) is 6.16. The smallest absolute Gasteiger partial charge is 0.261 e. The molecule has 114 valence electrons. The topological polar surface area (TPSA) is 29.1 Å². The van der Waals surface area contributed by atoms with Crippen LogP contribution in [0.25, 0.3) is 10.1 Å². The Morgan fingerprint density at radius 3 is 2.71 bits per heavy atom. The van der Waals surface area contributed by atoms with Crippen LogP contribution in [0.4, 0.5) is 4.39 Å². The fraction of sp³-hybridized carbons (Fsp3) is 0.438. The Hall–Kier alpha value is -0.940. The van der Waals surface area contributed by atoms with E-state index in [0.29, 0.717) is 4.88 Å². The van der Waals surface area contributed by atoms with E-state index in [4.69, 9.17) is 0 Å². The summed E-state index contributed by atoms with van der Waals surface area (Å²) < 4.78 is 14.0. The van der Waals surface area contributed by atoms with Gasteiger partial charge in [-0.1, -0.05) is 42.8 Å². The highest BCUT2D eigenvalue weighted by atomic mass is 79.9. The number of carbonyl (C=O) groups is 1. The Labute approximate surface area is 136 Å². The summed E-state index contributed by atoms with van der Waals surface area (Å²) in [5.74, 6) is -0.361. The zero-order chi connectivity index (χ0) is 15.6. The van der Waals surface area contributed by atoms with Gasteiger partial charge in [0.25, 0.3) is 5.91 Å². The van der Waals surface area contributed by atoms with Crippen molar-refractivity contribution in [3.05, 3.63) is 35.0 Å². The van der Waals surface area contributed by atoms with Crippen LogP contribution < -0.4 is 5.32 Å². The molecule has 1 aromatic carbocycles. The van der Waals surface area contributed by atoms with Crippen molar-refractivity contribution in [1.82, 2.24) is 5.32 Å². The van der Waals surface area contributed by atoms with Crippen molar-refractivity contribution in [3.63, 3.8) is 0 Å². The van der Waals surface area contributed by atoms with Gasteiger partial charge >= 0.3 is 0 Å². The summed E-state index contributed by atoms with van der Waals surface area (Å²) in [5, 5.41) is 4.84. The molecule has 0 radical (unpaired) electrons. The normalized spacial score (nSPS) is 13.4. The molecule has 5 heteroatoms. The Balaban J connectivity index is 2.21. The number of nitrogens with one attached hydrogen (secondary N) is 1. The van der Waals surface area contributed by atoms with E-state index in [-0.39, 0.29) is 23.2 Å². The summed E-state index contributed by atoms with van der Waals surface area (Å²) in [5.41, 5.74) is -0.00772. The molecule has 1 heterocycles. The van der Waals surface area contributed by atoms with Crippen LogP contribution in [0, 0.1) is 11.2 Å². The first-order chi connectivity index (χ1) is 9.81. The van der Waals surface area contributed by atoms with Gasteiger partial charge in [0.1, 0.15) is 5.82 Å². The second kappa shape index (κ2) is 6.44. The van der Waals surface area contributed by atoms with Gasteiger partial charge in [0.05, 0.1) is 4.88 Å². The van der Waals surface area contributed by atoms with Gasteiger partial charge in [-0.15, -0.1) is 11.3 Å². The largest absolute Gasteiger partial charge is 0.348 e. The van der Waals surface area contributed by atoms with Gasteiger partial charge in [-0.05, 0) is 35.4 Å². The van der Waals surface area contributed by atoms with Crippen molar-refractivity contribution >= 4 is 43.3 Å². The number of fused-ring (bicyclic) bond motifs is 1. The standard InChI is InChI=1S/C16H19BrFNOS/c1-16(2,3)14(6-7-17)19-15(20)13-8-10-4-5-11(18)9-12(10)21-13/h4-5,8-9,14H,6-7H2,1-3H3,(H,19,20). The first-order valence-electron chi connectivity index (χ1n) is 6.87. The van der Waals surface area contributed by atoms with Gasteiger partial charge in [0.2, 0.25) is 0 Å². The van der Waals surface area contributed by atoms with Crippen molar-refractivity contribution in [3.8, 4) is 0 Å². The number of alkyl halides is 1. The minimum atomic E-state index is -0.275. The van der Waals surface area contributed by atoms with E-state index in [2.05, 4.69) is 42.0 Å². The highest BCUT2D eigenvalue weighted by molar-refractivity contribution is 9.09. The number of halogens is 2. The molecule has 2 nitrogen and oxygen atoms in total. The van der Waals surface area contributed by atoms with Crippen LogP contribution in [-0.2, 0) is 0 Å². The molecule has 21 heavy (non-hydrogen) atoms. The van der Waals surface area contributed by atoms with Crippen molar-refractivity contribution in [2.24, 2.45) is 5.41 Å². The summed E-state index contributed by atoms with van der Waals surface area (Å²) in [6.45, 7) is 6.34. The molecule has 0 aliphatic heterocycles. The zero-order valence-electron chi connectivity index (χ0n) is 12.4. The van der Waals surface area contributed by atoms with E-state index in [0.717, 1.165) is 21.8 Å². The lowest BCUT2D eigenvalue weighted by molar-refractivity contribution is 0.0905. The number of hydrogen-bond acceptors (Lipinski definition) is 2. The van der Waals surface area contributed by atoms with E-state index in [1.165, 1.54) is 23.5 Å². The van der Waals surface area contributed by atoms with Crippen LogP contribution in [0.1, 0.15) is 36.9 Å². The predicted molar refractivity (Wildman–Crippen MR) is 90.9 cm³/mol. The van der Waals surface area contributed by atoms with Crippen molar-refractivity contribution in [1.29, 1.82) is 0 Å². The highest BCUT2D eigenvalue weighted by Gasteiger charge is 2.26. The number of rotatable bonds is 4. The molecule has 0 bridgehead atoms. The fourth-order valence-electron chi connectivity index (χ4n) is 2.18. The quantitative estimate of drug-likeness (QED) is 0.755. The number of carbonyl (C=O) groups excluding carboxylic acids is 1. The molecule has 1 N–H and O–H groups in total. The number of thiophene rings is 1. The molecule has 2 aromatic rings. The molecule has 0 fully saturated rings. The SMILES string of the molecule is CC(C)(C)C(CCBr)NC(=O)c1cc2ccc(F)cc2s1. The molecule has 0 saturated carbocycles. The molecule has 1 atom stereocenters. The Morgan fingerprint density at radius 1 is 1.38 bits per heavy atom. The maximum atomic E-state index is 13.2. The predicted octanol–water partition coefficient (Wildman–Crippen LogP) is 4.97. The van der Waals surface area contributed by atoms with Gasteiger partial charge in [-0.2, -0.15) is 0 Å². The van der Waals surface area contributed by atoms with Crippen molar-refractivity contribution in [2.45, 2.75) is 33.2 Å². The number of benzene rings is 1. The third-order valence-corrected chi connectivity index (χ3v) is 5.01. The van der Waals surface area contributed by atoms with Gasteiger partial charge in [-0.3, -0.25) is 4.79 Å². The van der Waals surface area contributed by atoms with Crippen LogP contribution in [0.3, 0.4) is 0 Å². The van der Waals surface area contributed by atoms with Gasteiger partial charge in [0, 0.05) is 16.1 Å². The summed E-state index contributed by atoms with van der Waals surface area (Å²) in [4.78, 5) is 13.0. The van der Waals surface area contributed by atoms with Gasteiger partial charge in [-0.25, -0.2) is 4.39 Å². The van der Waals surface area contributed by atoms with Crippen LogP contribution >= 0.6 is 27.3 Å². The van der Waals surface area contributed by atoms with E-state index < -0.39 is 0 Å². The average Bonchev–Trinajstić information content (AvgIpc) is 2.80. The fourth-order valence-corrected chi connectivity index (χ4v) is 3.63.